The van der Waals surface area contributed by atoms with E-state index in [2.05, 4.69) is 10.0 Å². The Balaban J connectivity index is 1.72. The molecule has 1 atom stereocenters. The average molecular weight is 360 g/mol. The van der Waals surface area contributed by atoms with Crippen molar-refractivity contribution in [2.45, 2.75) is 23.3 Å². The largest absolute Gasteiger partial charge is 0.383 e. The van der Waals surface area contributed by atoms with Crippen molar-refractivity contribution >= 4 is 10.0 Å². The number of nitrogens with one attached hydrogen (secondary N) is 2. The van der Waals surface area contributed by atoms with Crippen LogP contribution in [0, 0.1) is 0 Å². The molecule has 1 aliphatic rings. The fraction of sp³-hybridized carbons (Fsp3) is 0.368. The summed E-state index contributed by atoms with van der Waals surface area (Å²) in [5, 5.41) is 3.37. The van der Waals surface area contributed by atoms with Crippen LogP contribution in [0.2, 0.25) is 0 Å². The van der Waals surface area contributed by atoms with Crippen LogP contribution >= 0.6 is 0 Å². The second kappa shape index (κ2) is 7.66. The molecule has 1 saturated heterocycles. The van der Waals surface area contributed by atoms with E-state index < -0.39 is 10.0 Å². The Bertz CT molecular complexity index is 783. The van der Waals surface area contributed by atoms with Gasteiger partial charge in [0.2, 0.25) is 10.0 Å². The highest BCUT2D eigenvalue weighted by atomic mass is 32.2. The van der Waals surface area contributed by atoms with Crippen LogP contribution in [0.25, 0.3) is 11.1 Å². The molecule has 0 aliphatic carbocycles. The van der Waals surface area contributed by atoms with E-state index in [4.69, 9.17) is 4.74 Å². The van der Waals surface area contributed by atoms with Gasteiger partial charge in [0, 0.05) is 13.7 Å². The SMILES string of the molecule is COCC1(CNS(=O)(=O)c2ccc(-c3ccccc3)cc2)CCCN1. The van der Waals surface area contributed by atoms with Crippen molar-refractivity contribution in [3.63, 3.8) is 0 Å². The molecule has 3 rings (SSSR count). The predicted octanol–water partition coefficient (Wildman–Crippen LogP) is 2.40. The Labute approximate surface area is 149 Å². The smallest absolute Gasteiger partial charge is 0.240 e. The molecule has 1 fully saturated rings. The highest BCUT2D eigenvalue weighted by molar-refractivity contribution is 7.89. The van der Waals surface area contributed by atoms with Crippen LogP contribution in [-0.4, -0.2) is 40.8 Å². The van der Waals surface area contributed by atoms with E-state index in [0.717, 1.165) is 30.5 Å². The van der Waals surface area contributed by atoms with Crippen molar-refractivity contribution < 1.29 is 13.2 Å². The minimum Gasteiger partial charge on any atom is -0.383 e. The van der Waals surface area contributed by atoms with E-state index in [9.17, 15) is 8.42 Å². The fourth-order valence-electron chi connectivity index (χ4n) is 3.24. The number of rotatable bonds is 7. The van der Waals surface area contributed by atoms with Gasteiger partial charge >= 0.3 is 0 Å². The number of ether oxygens (including phenoxy) is 1. The summed E-state index contributed by atoms with van der Waals surface area (Å²) < 4.78 is 33.2. The molecule has 2 aromatic rings. The number of hydrogen-bond donors (Lipinski definition) is 2. The number of methoxy groups -OCH3 is 1. The van der Waals surface area contributed by atoms with Crippen LogP contribution in [-0.2, 0) is 14.8 Å². The van der Waals surface area contributed by atoms with Crippen molar-refractivity contribution in [3.8, 4) is 11.1 Å². The van der Waals surface area contributed by atoms with Crippen LogP contribution in [0.15, 0.2) is 59.5 Å². The molecule has 0 amide bonds. The highest BCUT2D eigenvalue weighted by Crippen LogP contribution is 2.22. The Morgan fingerprint density at radius 3 is 2.36 bits per heavy atom. The van der Waals surface area contributed by atoms with Gasteiger partial charge in [0.25, 0.3) is 0 Å². The molecule has 1 aliphatic heterocycles. The van der Waals surface area contributed by atoms with E-state index in [0.29, 0.717) is 13.2 Å². The summed E-state index contributed by atoms with van der Waals surface area (Å²) in [6.07, 6.45) is 1.92. The molecule has 0 saturated carbocycles. The molecule has 2 N–H and O–H groups in total. The van der Waals surface area contributed by atoms with Crippen LogP contribution < -0.4 is 10.0 Å². The first-order valence-corrected chi connectivity index (χ1v) is 9.92. The lowest BCUT2D eigenvalue weighted by Crippen LogP contribution is -2.52. The summed E-state index contributed by atoms with van der Waals surface area (Å²) in [5.74, 6) is 0. The average Bonchev–Trinajstić information content (AvgIpc) is 3.10. The van der Waals surface area contributed by atoms with E-state index >= 15 is 0 Å². The van der Waals surface area contributed by atoms with Gasteiger partial charge < -0.3 is 10.1 Å². The van der Waals surface area contributed by atoms with Gasteiger partial charge in [0.15, 0.2) is 0 Å². The predicted molar refractivity (Wildman–Crippen MR) is 98.9 cm³/mol. The van der Waals surface area contributed by atoms with Crippen LogP contribution in [0.1, 0.15) is 12.8 Å². The third-order valence-electron chi connectivity index (χ3n) is 4.63. The van der Waals surface area contributed by atoms with Gasteiger partial charge in [-0.2, -0.15) is 0 Å². The van der Waals surface area contributed by atoms with E-state index in [1.807, 2.05) is 42.5 Å². The molecule has 0 radical (unpaired) electrons. The maximum atomic E-state index is 12.6. The van der Waals surface area contributed by atoms with Crippen LogP contribution in [0.4, 0.5) is 0 Å². The molecule has 2 aromatic carbocycles. The van der Waals surface area contributed by atoms with Gasteiger partial charge in [-0.05, 0) is 42.6 Å². The first-order valence-electron chi connectivity index (χ1n) is 8.44. The third kappa shape index (κ3) is 4.27. The third-order valence-corrected chi connectivity index (χ3v) is 6.04. The molecule has 0 aromatic heterocycles. The van der Waals surface area contributed by atoms with Crippen molar-refractivity contribution in [1.82, 2.24) is 10.0 Å². The standard InChI is InChI=1S/C19H24N2O3S/c1-24-15-19(12-5-13-20-19)14-21-25(22,23)18-10-8-17(9-11-18)16-6-3-2-4-7-16/h2-4,6-11,20-21H,5,12-15H2,1H3. The van der Waals surface area contributed by atoms with E-state index in [1.165, 1.54) is 0 Å². The lowest BCUT2D eigenvalue weighted by atomic mass is 9.99. The van der Waals surface area contributed by atoms with Crippen molar-refractivity contribution in [2.24, 2.45) is 0 Å². The van der Waals surface area contributed by atoms with Gasteiger partial charge in [-0.1, -0.05) is 42.5 Å². The maximum Gasteiger partial charge on any atom is 0.240 e. The summed E-state index contributed by atoms with van der Waals surface area (Å²) in [7, 11) is -1.91. The first kappa shape index (κ1) is 18.1. The second-order valence-electron chi connectivity index (χ2n) is 6.46. The molecule has 0 bridgehead atoms. The zero-order valence-corrected chi connectivity index (χ0v) is 15.2. The molecular weight excluding hydrogens is 336 g/mol. The molecule has 1 unspecified atom stereocenters. The number of sulfonamides is 1. The molecular formula is C19H24N2O3S. The zero-order valence-electron chi connectivity index (χ0n) is 14.4. The molecule has 0 spiro atoms. The highest BCUT2D eigenvalue weighted by Gasteiger charge is 2.34. The molecule has 25 heavy (non-hydrogen) atoms. The van der Waals surface area contributed by atoms with Gasteiger partial charge in [-0.3, -0.25) is 0 Å². The monoisotopic (exact) mass is 360 g/mol. The normalized spacial score (nSPS) is 20.7. The second-order valence-corrected chi connectivity index (χ2v) is 8.23. The number of benzene rings is 2. The van der Waals surface area contributed by atoms with Crippen molar-refractivity contribution in [1.29, 1.82) is 0 Å². The summed E-state index contributed by atoms with van der Waals surface area (Å²) in [6.45, 7) is 1.70. The first-order chi connectivity index (χ1) is 12.0. The maximum absolute atomic E-state index is 12.6. The molecule has 6 heteroatoms. The van der Waals surface area contributed by atoms with E-state index in [-0.39, 0.29) is 10.4 Å². The quantitative estimate of drug-likeness (QED) is 0.796. The lowest BCUT2D eigenvalue weighted by Gasteiger charge is -2.28. The summed E-state index contributed by atoms with van der Waals surface area (Å²) in [4.78, 5) is 0.276. The summed E-state index contributed by atoms with van der Waals surface area (Å²) in [6, 6.07) is 16.9. The van der Waals surface area contributed by atoms with Gasteiger partial charge in [0.05, 0.1) is 17.0 Å². The van der Waals surface area contributed by atoms with Crippen molar-refractivity contribution in [3.05, 3.63) is 54.6 Å². The topological polar surface area (TPSA) is 67.4 Å². The number of hydrogen-bond acceptors (Lipinski definition) is 4. The van der Waals surface area contributed by atoms with Crippen molar-refractivity contribution in [2.75, 3.05) is 26.8 Å². The van der Waals surface area contributed by atoms with Crippen LogP contribution in [0.5, 0.6) is 0 Å². The van der Waals surface area contributed by atoms with Crippen LogP contribution in [0.3, 0.4) is 0 Å². The lowest BCUT2D eigenvalue weighted by molar-refractivity contribution is 0.122. The summed E-state index contributed by atoms with van der Waals surface area (Å²) >= 11 is 0. The minimum atomic E-state index is -3.55. The van der Waals surface area contributed by atoms with Gasteiger partial charge in [-0.15, -0.1) is 0 Å². The fourth-order valence-corrected chi connectivity index (χ4v) is 4.37. The Morgan fingerprint density at radius 2 is 1.76 bits per heavy atom. The molecule has 134 valence electrons. The van der Waals surface area contributed by atoms with Gasteiger partial charge in [-0.25, -0.2) is 13.1 Å². The Kier molecular flexibility index (Phi) is 5.54. The van der Waals surface area contributed by atoms with E-state index in [1.54, 1.807) is 19.2 Å². The molecule has 1 heterocycles. The minimum absolute atomic E-state index is 0.276. The summed E-state index contributed by atoms with van der Waals surface area (Å²) in [5.41, 5.74) is 1.74. The van der Waals surface area contributed by atoms with Gasteiger partial charge in [0.1, 0.15) is 0 Å². The Morgan fingerprint density at radius 1 is 1.08 bits per heavy atom. The Hall–Kier alpha value is -1.73. The zero-order chi connectivity index (χ0) is 17.8. The molecule has 5 nitrogen and oxygen atoms in total.